The average molecular weight is 531 g/mol. The molecule has 0 aromatic heterocycles. The number of Topliss-reactive ketones (excluding diaryl/α,β-unsaturated/α-hetero) is 1. The van der Waals surface area contributed by atoms with Crippen molar-refractivity contribution in [2.24, 2.45) is 58.2 Å². The molecule has 0 amide bonds. The molecule has 0 bridgehead atoms. The van der Waals surface area contributed by atoms with Gasteiger partial charge in [0, 0.05) is 18.3 Å². The van der Waals surface area contributed by atoms with Crippen molar-refractivity contribution in [1.82, 2.24) is 0 Å². The van der Waals surface area contributed by atoms with Crippen molar-refractivity contribution in [3.05, 3.63) is 0 Å². The normalized spacial score (nSPS) is 51.1. The Morgan fingerprint density at radius 2 is 1.58 bits per heavy atom. The molecule has 2 aliphatic heterocycles. The van der Waals surface area contributed by atoms with E-state index in [0.717, 1.165) is 38.5 Å². The zero-order valence-electron chi connectivity index (χ0n) is 24.6. The van der Waals surface area contributed by atoms with Crippen molar-refractivity contribution in [2.75, 3.05) is 0 Å². The van der Waals surface area contributed by atoms with Crippen LogP contribution < -0.4 is 0 Å². The van der Waals surface area contributed by atoms with E-state index in [1.807, 2.05) is 13.8 Å². The largest absolute Gasteiger partial charge is 0.459 e. The number of hydrogen-bond acceptors (Lipinski definition) is 6. The van der Waals surface area contributed by atoms with E-state index in [9.17, 15) is 14.7 Å². The monoisotopic (exact) mass is 530 g/mol. The third kappa shape index (κ3) is 3.97. The van der Waals surface area contributed by atoms with Gasteiger partial charge in [0.05, 0.1) is 24.7 Å². The minimum absolute atomic E-state index is 0.0297. The van der Waals surface area contributed by atoms with Gasteiger partial charge in [-0.15, -0.1) is 0 Å². The summed E-state index contributed by atoms with van der Waals surface area (Å²) in [5, 5.41) is 11.6. The first kappa shape index (κ1) is 27.2. The molecule has 6 fully saturated rings. The van der Waals surface area contributed by atoms with Crippen LogP contribution in [-0.2, 0) is 23.8 Å². The number of ether oxygens (including phenoxy) is 3. The molecule has 6 aliphatic rings. The zero-order valence-corrected chi connectivity index (χ0v) is 24.6. The number of carbonyl (C=O) groups excluding carboxylic acids is 2. The molecule has 38 heavy (non-hydrogen) atoms. The molecule has 4 saturated carbocycles. The fourth-order valence-electron chi connectivity index (χ4n) is 11.0. The van der Waals surface area contributed by atoms with Crippen molar-refractivity contribution in [1.29, 1.82) is 0 Å². The second-order valence-electron chi connectivity index (χ2n) is 15.4. The van der Waals surface area contributed by atoms with Crippen LogP contribution in [0.2, 0.25) is 0 Å². The fourth-order valence-corrected chi connectivity index (χ4v) is 11.0. The van der Waals surface area contributed by atoms with Gasteiger partial charge in [0.1, 0.15) is 11.9 Å². The van der Waals surface area contributed by atoms with Crippen molar-refractivity contribution >= 4 is 11.8 Å². The number of aliphatic hydroxyl groups is 1. The van der Waals surface area contributed by atoms with Gasteiger partial charge in [0.2, 0.25) is 0 Å². The standard InChI is InChI=1S/C32H50O6/c1-16(2)18-13-27(34)36-29(18)28(35)17(3)20-8-9-21-19-12-24(33)23-14-25-26(38-30(4,5)37-25)15-32(23,7)22(19)10-11-31(20,21)6/h16-23,25-26,28-29,35H,8-15H2,1-7H3/t17-,18+,19-,20+,21-,22-,23+,25-,26+,28+,29+,31+,32+/m0/s1. The summed E-state index contributed by atoms with van der Waals surface area (Å²) in [7, 11) is 0. The van der Waals surface area contributed by atoms with E-state index in [1.54, 1.807) is 0 Å². The molecule has 13 atom stereocenters. The van der Waals surface area contributed by atoms with E-state index < -0.39 is 18.0 Å². The predicted octanol–water partition coefficient (Wildman–Crippen LogP) is 5.54. The second-order valence-corrected chi connectivity index (χ2v) is 15.4. The van der Waals surface area contributed by atoms with Crippen LogP contribution in [0.3, 0.4) is 0 Å². The third-order valence-electron chi connectivity index (χ3n) is 12.8. The van der Waals surface area contributed by atoms with E-state index in [4.69, 9.17) is 14.2 Å². The summed E-state index contributed by atoms with van der Waals surface area (Å²) in [6, 6.07) is 0. The Balaban J connectivity index is 1.22. The maximum absolute atomic E-state index is 13.8. The van der Waals surface area contributed by atoms with Crippen LogP contribution in [0, 0.1) is 58.2 Å². The number of carbonyl (C=O) groups is 2. The van der Waals surface area contributed by atoms with Gasteiger partial charge in [-0.3, -0.25) is 9.59 Å². The van der Waals surface area contributed by atoms with Gasteiger partial charge in [-0.1, -0.05) is 34.6 Å². The van der Waals surface area contributed by atoms with Crippen LogP contribution in [-0.4, -0.2) is 47.1 Å². The molecule has 0 radical (unpaired) electrons. The van der Waals surface area contributed by atoms with Crippen LogP contribution in [0.25, 0.3) is 0 Å². The van der Waals surface area contributed by atoms with Gasteiger partial charge >= 0.3 is 5.97 Å². The molecule has 0 spiro atoms. The molecule has 2 heterocycles. The van der Waals surface area contributed by atoms with Gasteiger partial charge in [0.25, 0.3) is 0 Å². The van der Waals surface area contributed by atoms with E-state index in [1.165, 1.54) is 0 Å². The Bertz CT molecular complexity index is 975. The average Bonchev–Trinajstić information content (AvgIpc) is 3.47. The van der Waals surface area contributed by atoms with E-state index in [2.05, 4.69) is 34.6 Å². The second kappa shape index (κ2) is 9.01. The highest BCUT2D eigenvalue weighted by Crippen LogP contribution is 2.68. The summed E-state index contributed by atoms with van der Waals surface area (Å²) >= 11 is 0. The molecule has 4 aliphatic carbocycles. The van der Waals surface area contributed by atoms with Crippen LogP contribution in [0.4, 0.5) is 0 Å². The first-order valence-electron chi connectivity index (χ1n) is 15.5. The number of ketones is 1. The van der Waals surface area contributed by atoms with Crippen LogP contribution in [0.5, 0.6) is 0 Å². The van der Waals surface area contributed by atoms with Gasteiger partial charge in [-0.05, 0) is 98.7 Å². The summed E-state index contributed by atoms with van der Waals surface area (Å²) in [6.45, 7) is 15.3. The van der Waals surface area contributed by atoms with Gasteiger partial charge < -0.3 is 19.3 Å². The van der Waals surface area contributed by atoms with Crippen LogP contribution in [0.1, 0.15) is 99.8 Å². The quantitative estimate of drug-likeness (QED) is 0.481. The summed E-state index contributed by atoms with van der Waals surface area (Å²) in [4.78, 5) is 25.9. The summed E-state index contributed by atoms with van der Waals surface area (Å²) in [5.74, 6) is 2.05. The molecule has 0 aromatic rings. The van der Waals surface area contributed by atoms with Gasteiger partial charge in [-0.25, -0.2) is 0 Å². The highest BCUT2D eigenvalue weighted by Gasteiger charge is 2.65. The first-order chi connectivity index (χ1) is 17.7. The Morgan fingerprint density at radius 3 is 2.29 bits per heavy atom. The number of esters is 1. The minimum Gasteiger partial charge on any atom is -0.459 e. The van der Waals surface area contributed by atoms with Crippen molar-refractivity contribution in [3.63, 3.8) is 0 Å². The molecule has 214 valence electrons. The number of hydrogen-bond donors (Lipinski definition) is 1. The summed E-state index contributed by atoms with van der Waals surface area (Å²) < 4.78 is 18.3. The Labute approximate surface area is 228 Å². The molecular weight excluding hydrogens is 480 g/mol. The molecule has 0 unspecified atom stereocenters. The maximum atomic E-state index is 13.8. The van der Waals surface area contributed by atoms with E-state index in [-0.39, 0.29) is 46.8 Å². The van der Waals surface area contributed by atoms with Gasteiger partial charge in [-0.2, -0.15) is 0 Å². The lowest BCUT2D eigenvalue weighted by atomic mass is 9.44. The molecule has 1 N–H and O–H groups in total. The molecular formula is C32H50O6. The highest BCUT2D eigenvalue weighted by atomic mass is 16.8. The predicted molar refractivity (Wildman–Crippen MR) is 143 cm³/mol. The Kier molecular flexibility index (Phi) is 6.45. The maximum Gasteiger partial charge on any atom is 0.306 e. The number of fused-ring (bicyclic) bond motifs is 6. The topological polar surface area (TPSA) is 82.1 Å². The summed E-state index contributed by atoms with van der Waals surface area (Å²) in [5.41, 5.74) is 0.0746. The highest BCUT2D eigenvalue weighted by molar-refractivity contribution is 5.83. The summed E-state index contributed by atoms with van der Waals surface area (Å²) in [6.07, 6.45) is 6.42. The molecule has 6 rings (SSSR count). The first-order valence-corrected chi connectivity index (χ1v) is 15.5. The number of cyclic esters (lactones) is 1. The lowest BCUT2D eigenvalue weighted by Crippen LogP contribution is -2.59. The smallest absolute Gasteiger partial charge is 0.306 e. The van der Waals surface area contributed by atoms with E-state index >= 15 is 0 Å². The minimum atomic E-state index is -0.639. The van der Waals surface area contributed by atoms with Crippen molar-refractivity contribution < 1.29 is 28.9 Å². The SMILES string of the molecule is CC(C)[C@H]1CC(=O)O[C@H]1[C@H](O)[C@@H](C)[C@H]1CC[C@H]2[C@@H]3CC(=O)[C@H]4C[C@@H]5OC(C)(C)O[C@@H]5C[C@]4(C)[C@H]3CC[C@]12C. The molecule has 6 nitrogen and oxygen atoms in total. The lowest BCUT2D eigenvalue weighted by Gasteiger charge is -2.61. The Morgan fingerprint density at radius 1 is 0.895 bits per heavy atom. The number of rotatable bonds is 4. The number of aliphatic hydroxyl groups excluding tert-OH is 1. The Hall–Kier alpha value is -0.980. The van der Waals surface area contributed by atoms with Gasteiger partial charge in [0.15, 0.2) is 5.79 Å². The van der Waals surface area contributed by atoms with Crippen LogP contribution >= 0.6 is 0 Å². The molecule has 6 heteroatoms. The van der Waals surface area contributed by atoms with Crippen molar-refractivity contribution in [3.8, 4) is 0 Å². The van der Waals surface area contributed by atoms with Crippen LogP contribution in [0.15, 0.2) is 0 Å². The van der Waals surface area contributed by atoms with Crippen molar-refractivity contribution in [2.45, 2.75) is 130 Å². The fraction of sp³-hybridized carbons (Fsp3) is 0.938. The van der Waals surface area contributed by atoms with E-state index in [0.29, 0.717) is 48.2 Å². The lowest BCUT2D eigenvalue weighted by molar-refractivity contribution is -0.166. The third-order valence-corrected chi connectivity index (χ3v) is 12.8. The molecule has 2 saturated heterocycles. The molecule has 0 aromatic carbocycles. The zero-order chi connectivity index (χ0) is 27.4.